The molecule has 0 unspecified atom stereocenters. The van der Waals surface area contributed by atoms with Gasteiger partial charge < -0.3 is 74.1 Å². The van der Waals surface area contributed by atoms with E-state index in [0.29, 0.717) is 44.1 Å². The number of carbonyl (C=O) groups excluding carboxylic acids is 8. The van der Waals surface area contributed by atoms with Crippen molar-refractivity contribution in [1.29, 1.82) is 0 Å². The van der Waals surface area contributed by atoms with Crippen molar-refractivity contribution < 1.29 is 71.9 Å². The number of methoxy groups -OCH3 is 4. The smallest absolute Gasteiger partial charge is 0.410 e. The highest BCUT2D eigenvalue weighted by atomic mass is 16.6. The number of aromatic amines is 4. The molecule has 31 nitrogen and oxygen atoms in total. The van der Waals surface area contributed by atoms with Gasteiger partial charge in [0.15, 0.2) is 6.04 Å². The van der Waals surface area contributed by atoms with Crippen LogP contribution in [-0.4, -0.2) is 214 Å². The SMILES string of the molecule is CCN(C(=O)OC)[C@@H](C(=O)N1CCC[C@H]1c1ncc(-c2ccc(-c3ccc4cc(-c5cnc([C@@H]6CCCN6C(=O)[C@@H](NC(=O)OC)C(C)C)[nH]5)ccc4c3)cc2)[nH]1)c1ccccc1.CCN(C(=O)OC)[C@@H](C(=O)O)c1ccccc1.COC(=O)N[C@H](C(=O)N1CCC[C@H]1c1ncc(-c2ccc3cc(-c4ccc(-c5cnc([C@@H]6CCCN6C(=O)OC(C)(C)C)[nH]5)cc4)ccc3c2)[nH]1)C(C)C. The van der Waals surface area contributed by atoms with Crippen LogP contribution >= 0.6 is 0 Å². The van der Waals surface area contributed by atoms with Crippen molar-refractivity contribution in [1.82, 2.24) is 79.9 Å². The zero-order chi connectivity index (χ0) is 95.2. The van der Waals surface area contributed by atoms with Gasteiger partial charge in [0.25, 0.3) is 5.91 Å². The van der Waals surface area contributed by atoms with E-state index in [2.05, 4.69) is 162 Å². The molecule has 8 aromatic carbocycles. The third-order valence-corrected chi connectivity index (χ3v) is 25.1. The highest BCUT2D eigenvalue weighted by Gasteiger charge is 2.43. The first kappa shape index (κ1) is 95.4. The number of likely N-dealkylation sites (N-methyl/N-ethyl adjacent to an activating group) is 2. The summed E-state index contributed by atoms with van der Waals surface area (Å²) in [6.07, 6.45) is 11.2. The minimum atomic E-state index is -1.08. The Kier molecular flexibility index (Phi) is 30.4. The predicted molar refractivity (Wildman–Crippen MR) is 509 cm³/mol. The first-order chi connectivity index (χ1) is 64.6. The van der Waals surface area contributed by atoms with Crippen LogP contribution in [0, 0.1) is 11.8 Å². The van der Waals surface area contributed by atoms with E-state index in [1.54, 1.807) is 42.2 Å². The summed E-state index contributed by atoms with van der Waals surface area (Å²) in [5.41, 5.74) is 12.6. The number of H-pyrrole nitrogens is 4. The Balaban J connectivity index is 0.000000184. The molecule has 12 aromatic rings. The molecule has 7 N–H and O–H groups in total. The van der Waals surface area contributed by atoms with Gasteiger partial charge in [0.1, 0.15) is 47.0 Å². The molecule has 700 valence electrons. The van der Waals surface area contributed by atoms with E-state index in [1.165, 1.54) is 33.3 Å². The number of alkyl carbamates (subject to hydrolysis) is 2. The number of nitrogens with one attached hydrogen (secondary N) is 6. The first-order valence-electron chi connectivity index (χ1n) is 45.7. The minimum Gasteiger partial charge on any atom is -0.479 e. The number of likely N-dealkylation sites (tertiary alicyclic amines) is 4. The van der Waals surface area contributed by atoms with Gasteiger partial charge in [-0.15, -0.1) is 0 Å². The molecule has 0 saturated carbocycles. The standard InChI is InChI=1S/C49H54N8O6.C42H49N7O5.C12H15NO4/c1-6-55(49(61)63-5)43(33-12-8-7-9-13-33)47(59)57-25-11-15-41(57)45-50-28-38(52-45)32-18-16-31(17-19-32)34-20-21-36-27-37(23-22-35(36)26-34)39-29-51-44(53-39)40-14-10-24-56(40)46(58)42(30(2)3)54-48(60)62-4;1-25(2)36(47-40(51)53-6)39(50)48-19-7-9-34(48)37-44-24-33(46-37)31-18-17-29-21-28(15-16-30(29)22-31)26-11-13-27(14-12-26)32-23-43-38(45-32)35-10-8-20-49(35)41(52)54-42(3,4)5;1-3-13(12(16)17-2)10(11(14)15)9-7-5-4-6-8-9/h7-9,12-13,16-23,26-30,40-43H,6,10-11,14-15,24-25H2,1-5H3,(H,50,52)(H,51,53)(H,54,60);11-18,21-25,34-36H,7-10,19-20H2,1-6H3,(H,43,45)(H,44,46)(H,47,51);4-8,10H,3H2,1-2H3,(H,14,15)/t40-,41-,42-,43+;34-,35-,36-;10-/m001/s1. The second-order valence-electron chi connectivity index (χ2n) is 35.5. The number of carbonyl (C=O) groups is 9. The lowest BCUT2D eigenvalue weighted by Crippen LogP contribution is -2.51. The van der Waals surface area contributed by atoms with Crippen LogP contribution in [-0.2, 0) is 42.9 Å². The Morgan fingerprint density at radius 1 is 0.396 bits per heavy atom. The molecule has 8 heterocycles. The van der Waals surface area contributed by atoms with E-state index in [-0.39, 0.29) is 66.4 Å². The monoisotopic (exact) mass is 1820 g/mol. The molecule has 4 saturated heterocycles. The lowest BCUT2D eigenvalue weighted by molar-refractivity contribution is -0.143. The molecular weight excluding hydrogens is 1700 g/mol. The number of carboxylic acid groups (broad SMARTS) is 1. The van der Waals surface area contributed by atoms with Gasteiger partial charge in [-0.2, -0.15) is 0 Å². The van der Waals surface area contributed by atoms with E-state index in [0.717, 1.165) is 168 Å². The van der Waals surface area contributed by atoms with Gasteiger partial charge in [-0.1, -0.05) is 185 Å². The molecule has 4 fully saturated rings. The van der Waals surface area contributed by atoms with Gasteiger partial charge in [0, 0.05) is 50.4 Å². The van der Waals surface area contributed by atoms with E-state index < -0.39 is 60.1 Å². The molecular formula is C103H118N16O15. The van der Waals surface area contributed by atoms with Crippen LogP contribution in [0.5, 0.6) is 0 Å². The summed E-state index contributed by atoms with van der Waals surface area (Å²) in [6, 6.07) is 56.3. The second kappa shape index (κ2) is 42.7. The fourth-order valence-electron chi connectivity index (χ4n) is 18.2. The quantitative estimate of drug-likeness (QED) is 0.0276. The van der Waals surface area contributed by atoms with E-state index >= 15 is 0 Å². The summed E-state index contributed by atoms with van der Waals surface area (Å²) in [5, 5.41) is 19.0. The molecule has 16 rings (SSSR count). The molecule has 134 heavy (non-hydrogen) atoms. The molecule has 0 spiro atoms. The largest absolute Gasteiger partial charge is 0.479 e. The minimum absolute atomic E-state index is 0.0963. The molecule has 4 aliphatic rings. The fourth-order valence-corrected chi connectivity index (χ4v) is 18.2. The number of aliphatic carboxylic acids is 1. The highest BCUT2D eigenvalue weighted by Crippen LogP contribution is 2.41. The Morgan fingerprint density at radius 3 is 1.02 bits per heavy atom. The van der Waals surface area contributed by atoms with Crippen molar-refractivity contribution in [2.45, 2.75) is 168 Å². The lowest BCUT2D eigenvalue weighted by Gasteiger charge is -2.34. The highest BCUT2D eigenvalue weighted by molar-refractivity contribution is 5.94. The average molecular weight is 1820 g/mol. The number of benzene rings is 8. The van der Waals surface area contributed by atoms with E-state index in [4.69, 9.17) is 33.9 Å². The molecule has 31 heteroatoms. The predicted octanol–water partition coefficient (Wildman–Crippen LogP) is 19.1. The van der Waals surface area contributed by atoms with Crippen molar-refractivity contribution in [3.8, 4) is 67.3 Å². The Labute approximate surface area is 779 Å². The van der Waals surface area contributed by atoms with Crippen molar-refractivity contribution in [2.75, 3.05) is 67.7 Å². The molecule has 0 bridgehead atoms. The van der Waals surface area contributed by atoms with Crippen LogP contribution in [0.25, 0.3) is 88.8 Å². The molecule has 8 atom stereocenters. The summed E-state index contributed by atoms with van der Waals surface area (Å²) in [7, 11) is 5.15. The summed E-state index contributed by atoms with van der Waals surface area (Å²) in [4.78, 5) is 157. The summed E-state index contributed by atoms with van der Waals surface area (Å²) in [6.45, 7) is 19.8. The third-order valence-electron chi connectivity index (χ3n) is 25.1. The first-order valence-corrected chi connectivity index (χ1v) is 45.7. The van der Waals surface area contributed by atoms with E-state index in [1.807, 2.05) is 125 Å². The zero-order valence-corrected chi connectivity index (χ0v) is 77.9. The number of amides is 8. The molecule has 4 aromatic heterocycles. The molecule has 0 aliphatic carbocycles. The van der Waals surface area contributed by atoms with Crippen LogP contribution in [0.3, 0.4) is 0 Å². The van der Waals surface area contributed by atoms with Gasteiger partial charge in [-0.05, 0) is 188 Å². The third kappa shape index (κ3) is 21.7. The van der Waals surface area contributed by atoms with Crippen LogP contribution in [0.1, 0.15) is 184 Å². The number of ether oxygens (including phenoxy) is 5. The Hall–Kier alpha value is -14.7. The summed E-state index contributed by atoms with van der Waals surface area (Å²) < 4.78 is 24.8. The number of carboxylic acids is 1. The maximum absolute atomic E-state index is 14.3. The number of hydrogen-bond acceptors (Lipinski definition) is 18. The maximum Gasteiger partial charge on any atom is 0.410 e. The maximum atomic E-state index is 14.3. The van der Waals surface area contributed by atoms with Crippen molar-refractivity contribution >= 4 is 75.7 Å². The van der Waals surface area contributed by atoms with Gasteiger partial charge in [0.2, 0.25) is 11.8 Å². The van der Waals surface area contributed by atoms with Crippen LogP contribution < -0.4 is 10.6 Å². The number of rotatable bonds is 24. The van der Waals surface area contributed by atoms with Crippen LogP contribution in [0.2, 0.25) is 0 Å². The van der Waals surface area contributed by atoms with Gasteiger partial charge in [-0.25, -0.2) is 48.7 Å². The van der Waals surface area contributed by atoms with Crippen molar-refractivity contribution in [2.24, 2.45) is 11.8 Å². The Bertz CT molecular complexity index is 6150. The van der Waals surface area contributed by atoms with Gasteiger partial charge >= 0.3 is 36.4 Å². The van der Waals surface area contributed by atoms with Crippen LogP contribution in [0.15, 0.2) is 207 Å². The number of fused-ring (bicyclic) bond motifs is 2. The van der Waals surface area contributed by atoms with E-state index in [9.17, 15) is 48.3 Å². The molecule has 0 radical (unpaired) electrons. The topological polar surface area (TPSA) is 378 Å². The fraction of sp³-hybridized carbons (Fsp3) is 0.369. The average Bonchev–Trinajstić information content (AvgIpc) is 1.50. The summed E-state index contributed by atoms with van der Waals surface area (Å²) >= 11 is 0. The van der Waals surface area contributed by atoms with Gasteiger partial charge in [-0.3, -0.25) is 29.1 Å². The second-order valence-corrected chi connectivity index (χ2v) is 35.5. The Morgan fingerprint density at radius 2 is 0.694 bits per heavy atom. The van der Waals surface area contributed by atoms with Gasteiger partial charge in [0.05, 0.1) is 100 Å². The number of hydrogen-bond donors (Lipinski definition) is 7. The van der Waals surface area contributed by atoms with Crippen molar-refractivity contribution in [3.63, 3.8) is 0 Å². The molecule has 8 amide bonds. The van der Waals surface area contributed by atoms with Crippen molar-refractivity contribution in [3.05, 3.63) is 241 Å². The number of aromatic nitrogens is 8. The summed E-state index contributed by atoms with van der Waals surface area (Å²) in [5.74, 6) is 1.25. The number of imidazole rings is 4. The normalized spacial score (nSPS) is 16.8. The number of nitrogens with zero attached hydrogens (tertiary/aromatic N) is 10. The molecule has 4 aliphatic heterocycles. The van der Waals surface area contributed by atoms with Crippen LogP contribution in [0.4, 0.5) is 24.0 Å². The zero-order valence-electron chi connectivity index (χ0n) is 77.9. The lowest BCUT2D eigenvalue weighted by atomic mass is 9.98.